The Hall–Kier alpha value is 0.150. The summed E-state index contributed by atoms with van der Waals surface area (Å²) in [5.74, 6) is 3.70. The Balaban J connectivity index is 1.52. The molecule has 5 nitrogen and oxygen atoms in total. The summed E-state index contributed by atoms with van der Waals surface area (Å²) in [6.07, 6.45) is 4.28. The summed E-state index contributed by atoms with van der Waals surface area (Å²) < 4.78 is 13.1. The largest absolute Gasteiger partial charge is 0.331 e. The smallest absolute Gasteiger partial charge is 0.201 e. The minimum Gasteiger partial charge on any atom is -0.331 e. The molecule has 142 valence electrons. The van der Waals surface area contributed by atoms with Crippen LogP contribution in [0.2, 0.25) is 0 Å². The maximum absolute atomic E-state index is 6.69. The lowest BCUT2D eigenvalue weighted by molar-refractivity contribution is -0.574. The predicted molar refractivity (Wildman–Crippen MR) is 95.7 cm³/mol. The van der Waals surface area contributed by atoms with Crippen molar-refractivity contribution < 1.29 is 19.2 Å². The van der Waals surface area contributed by atoms with Crippen molar-refractivity contribution in [3.05, 3.63) is 0 Å². The fourth-order valence-electron chi connectivity index (χ4n) is 6.14. The van der Waals surface area contributed by atoms with E-state index in [1.165, 1.54) is 24.3 Å². The summed E-state index contributed by atoms with van der Waals surface area (Å²) in [5.41, 5.74) is -0.422. The van der Waals surface area contributed by atoms with Crippen molar-refractivity contribution in [2.24, 2.45) is 23.7 Å². The Labute approximate surface area is 155 Å². The van der Waals surface area contributed by atoms with Crippen LogP contribution in [-0.4, -0.2) is 53.4 Å². The van der Waals surface area contributed by atoms with E-state index < -0.39 is 11.4 Å². The summed E-state index contributed by atoms with van der Waals surface area (Å²) in [7, 11) is 0. The van der Waals surface area contributed by atoms with Crippen molar-refractivity contribution >= 4 is 11.8 Å². The molecule has 0 radical (unpaired) electrons. The van der Waals surface area contributed by atoms with E-state index in [-0.39, 0.29) is 12.5 Å². The number of fused-ring (bicyclic) bond motifs is 2. The van der Waals surface area contributed by atoms with E-state index in [0.29, 0.717) is 23.7 Å². The lowest BCUT2D eigenvalue weighted by atomic mass is 9.58. The van der Waals surface area contributed by atoms with Crippen LogP contribution in [0.15, 0.2) is 0 Å². The third kappa shape index (κ3) is 2.48. The number of hydrogen-bond acceptors (Lipinski definition) is 6. The van der Waals surface area contributed by atoms with Gasteiger partial charge in [-0.1, -0.05) is 13.8 Å². The Bertz CT molecular complexity index is 530. The molecule has 1 aliphatic carbocycles. The van der Waals surface area contributed by atoms with Crippen LogP contribution in [0.5, 0.6) is 0 Å². The molecule has 0 aromatic heterocycles. The van der Waals surface area contributed by atoms with E-state index in [0.717, 1.165) is 25.9 Å². The van der Waals surface area contributed by atoms with Crippen molar-refractivity contribution in [2.45, 2.75) is 70.4 Å². The Morgan fingerprint density at radius 1 is 1.00 bits per heavy atom. The van der Waals surface area contributed by atoms with Crippen molar-refractivity contribution in [1.82, 2.24) is 4.90 Å². The van der Waals surface area contributed by atoms with Gasteiger partial charge in [-0.3, -0.25) is 4.90 Å². The molecule has 0 aromatic rings. The molecule has 2 unspecified atom stereocenters. The van der Waals surface area contributed by atoms with E-state index in [4.69, 9.17) is 19.2 Å². The number of thioether (sulfide) groups is 1. The molecule has 6 heteroatoms. The van der Waals surface area contributed by atoms with Crippen LogP contribution in [0.1, 0.15) is 46.5 Å². The quantitative estimate of drug-likeness (QED) is 0.661. The summed E-state index contributed by atoms with van der Waals surface area (Å²) in [5, 5.41) is 0. The molecule has 0 aromatic carbocycles. The van der Waals surface area contributed by atoms with Gasteiger partial charge in [0, 0.05) is 42.9 Å². The standard InChI is InChI=1S/C19H31NO4S/c1-12-4-5-15-13(2)16(20-8-10-25-11-9-20)21-17-19(15)14(12)6-7-18(3,22-17)23-24-19/h12-17H,4-11H2,1-3H3/t12-,13-,14+,15?,16-,17-,18+,19?/m1/s1. The second-order valence-electron chi connectivity index (χ2n) is 8.94. The second kappa shape index (κ2) is 6.08. The van der Waals surface area contributed by atoms with E-state index in [9.17, 15) is 0 Å². The van der Waals surface area contributed by atoms with Crippen LogP contribution in [-0.2, 0) is 19.2 Å². The highest BCUT2D eigenvalue weighted by Crippen LogP contribution is 2.60. The van der Waals surface area contributed by atoms with Crippen LogP contribution >= 0.6 is 11.8 Å². The predicted octanol–water partition coefficient (Wildman–Crippen LogP) is 3.24. The molecule has 5 aliphatic heterocycles. The normalized spacial score (nSPS) is 56.3. The molecule has 5 heterocycles. The van der Waals surface area contributed by atoms with Crippen molar-refractivity contribution in [2.75, 3.05) is 24.6 Å². The van der Waals surface area contributed by atoms with Crippen LogP contribution in [0, 0.1) is 23.7 Å². The first-order chi connectivity index (χ1) is 12.0. The van der Waals surface area contributed by atoms with Gasteiger partial charge >= 0.3 is 0 Å². The van der Waals surface area contributed by atoms with Gasteiger partial charge in [0.05, 0.1) is 0 Å². The van der Waals surface area contributed by atoms with Gasteiger partial charge in [-0.2, -0.15) is 11.8 Å². The third-order valence-corrected chi connectivity index (χ3v) is 8.47. The van der Waals surface area contributed by atoms with Gasteiger partial charge in [0.1, 0.15) is 6.23 Å². The molecule has 6 fully saturated rings. The van der Waals surface area contributed by atoms with E-state index in [2.05, 4.69) is 18.7 Å². The molecule has 6 aliphatic rings. The third-order valence-electron chi connectivity index (χ3n) is 7.53. The Morgan fingerprint density at radius 3 is 2.60 bits per heavy atom. The van der Waals surface area contributed by atoms with Crippen molar-refractivity contribution in [3.8, 4) is 0 Å². The van der Waals surface area contributed by atoms with E-state index >= 15 is 0 Å². The zero-order chi connectivity index (χ0) is 17.2. The average molecular weight is 370 g/mol. The number of nitrogens with zero attached hydrogens (tertiary/aromatic N) is 1. The van der Waals surface area contributed by atoms with Gasteiger partial charge in [0.15, 0.2) is 11.9 Å². The van der Waals surface area contributed by atoms with Crippen molar-refractivity contribution in [3.63, 3.8) is 0 Å². The SMILES string of the molecule is C[C@@H]1CCC2[C@@H](C)[C@H](N3CCSCC3)O[C@@H]3O[C@]4(C)CC[C@@H]1C23OO4. The number of rotatable bonds is 1. The zero-order valence-corrected chi connectivity index (χ0v) is 16.4. The van der Waals surface area contributed by atoms with Gasteiger partial charge in [-0.15, -0.1) is 0 Å². The molecule has 1 saturated carbocycles. The van der Waals surface area contributed by atoms with Gasteiger partial charge < -0.3 is 9.47 Å². The molecule has 6 rings (SSSR count). The van der Waals surface area contributed by atoms with Crippen LogP contribution < -0.4 is 0 Å². The highest BCUT2D eigenvalue weighted by molar-refractivity contribution is 7.99. The minimum absolute atomic E-state index is 0.141. The maximum Gasteiger partial charge on any atom is 0.201 e. The Kier molecular flexibility index (Phi) is 4.20. The van der Waals surface area contributed by atoms with Gasteiger partial charge in [0.25, 0.3) is 0 Å². The fourth-order valence-corrected chi connectivity index (χ4v) is 7.07. The van der Waals surface area contributed by atoms with Gasteiger partial charge in [0.2, 0.25) is 5.79 Å². The summed E-state index contributed by atoms with van der Waals surface area (Å²) in [4.78, 5) is 14.6. The van der Waals surface area contributed by atoms with E-state index in [1.54, 1.807) is 0 Å². The lowest BCUT2D eigenvalue weighted by Crippen LogP contribution is -2.72. The molecule has 8 atom stereocenters. The van der Waals surface area contributed by atoms with Crippen LogP contribution in [0.25, 0.3) is 0 Å². The first-order valence-corrected chi connectivity index (χ1v) is 11.2. The molecular formula is C19H31NO4S. The second-order valence-corrected chi connectivity index (χ2v) is 10.2. The first-order valence-electron chi connectivity index (χ1n) is 10.1. The topological polar surface area (TPSA) is 40.2 Å². The van der Waals surface area contributed by atoms with Gasteiger partial charge in [-0.05, 0) is 38.0 Å². The maximum atomic E-state index is 6.69. The molecule has 25 heavy (non-hydrogen) atoms. The minimum atomic E-state index is -0.666. The Morgan fingerprint density at radius 2 is 1.80 bits per heavy atom. The van der Waals surface area contributed by atoms with Crippen LogP contribution in [0.3, 0.4) is 0 Å². The fraction of sp³-hybridized carbons (Fsp3) is 1.00. The highest BCUT2D eigenvalue weighted by Gasteiger charge is 2.69. The van der Waals surface area contributed by atoms with E-state index in [1.807, 2.05) is 18.7 Å². The van der Waals surface area contributed by atoms with Crippen molar-refractivity contribution in [1.29, 1.82) is 0 Å². The molecule has 5 saturated heterocycles. The number of hydrogen-bond donors (Lipinski definition) is 0. The molecular weight excluding hydrogens is 338 g/mol. The first kappa shape index (κ1) is 17.3. The number of ether oxygens (including phenoxy) is 2. The summed E-state index contributed by atoms with van der Waals surface area (Å²) in [6.45, 7) is 8.96. The molecule has 2 bridgehead atoms. The average Bonchev–Trinajstić information content (AvgIpc) is 2.85. The summed E-state index contributed by atoms with van der Waals surface area (Å²) >= 11 is 2.05. The summed E-state index contributed by atoms with van der Waals surface area (Å²) in [6, 6.07) is 0. The monoisotopic (exact) mass is 369 g/mol. The highest BCUT2D eigenvalue weighted by atomic mass is 32.2. The van der Waals surface area contributed by atoms with Crippen LogP contribution in [0.4, 0.5) is 0 Å². The zero-order valence-electron chi connectivity index (χ0n) is 15.6. The van der Waals surface area contributed by atoms with Gasteiger partial charge in [-0.25, -0.2) is 9.78 Å². The molecule has 1 spiro atoms. The molecule has 0 N–H and O–H groups in total. The molecule has 0 amide bonds. The lowest BCUT2D eigenvalue weighted by Gasteiger charge is -2.61.